The van der Waals surface area contributed by atoms with Crippen LogP contribution in [0.3, 0.4) is 0 Å². The molecule has 0 fully saturated rings. The first kappa shape index (κ1) is 14.1. The van der Waals surface area contributed by atoms with Crippen LogP contribution in [0.5, 0.6) is 0 Å². The van der Waals surface area contributed by atoms with Crippen LogP contribution in [0.2, 0.25) is 0 Å². The first-order valence-electron chi connectivity index (χ1n) is 6.59. The predicted molar refractivity (Wildman–Crippen MR) is 79.1 cm³/mol. The highest BCUT2D eigenvalue weighted by Gasteiger charge is 2.10. The van der Waals surface area contributed by atoms with Crippen molar-refractivity contribution in [3.05, 3.63) is 59.3 Å². The normalized spacial score (nSPS) is 10.6. The van der Waals surface area contributed by atoms with Gasteiger partial charge in [0.05, 0.1) is 5.56 Å². The number of hydrogen-bond donors (Lipinski definition) is 2. The second kappa shape index (κ2) is 6.19. The van der Waals surface area contributed by atoms with E-state index in [-0.39, 0.29) is 11.5 Å². The number of aromatic nitrogens is 1. The van der Waals surface area contributed by atoms with E-state index in [0.29, 0.717) is 12.4 Å². The van der Waals surface area contributed by atoms with Gasteiger partial charge in [-0.05, 0) is 23.6 Å². The van der Waals surface area contributed by atoms with Gasteiger partial charge in [-0.2, -0.15) is 0 Å². The number of nitrogens with one attached hydrogen (secondary N) is 1. The second-order valence-corrected chi connectivity index (χ2v) is 4.96. The van der Waals surface area contributed by atoms with Gasteiger partial charge in [-0.1, -0.05) is 44.2 Å². The molecular weight excluding hydrogens is 252 g/mol. The molecular formula is C16H18N2O2. The Hall–Kier alpha value is -2.36. The van der Waals surface area contributed by atoms with Gasteiger partial charge < -0.3 is 10.4 Å². The number of aromatic carboxylic acids is 1. The van der Waals surface area contributed by atoms with E-state index in [1.165, 1.54) is 0 Å². The van der Waals surface area contributed by atoms with E-state index < -0.39 is 5.97 Å². The van der Waals surface area contributed by atoms with Gasteiger partial charge in [-0.25, -0.2) is 9.78 Å². The summed E-state index contributed by atoms with van der Waals surface area (Å²) in [6.07, 6.45) is 0. The first-order chi connectivity index (χ1) is 9.56. The van der Waals surface area contributed by atoms with E-state index >= 15 is 0 Å². The van der Waals surface area contributed by atoms with Crippen molar-refractivity contribution in [1.29, 1.82) is 0 Å². The Kier molecular flexibility index (Phi) is 4.35. The van der Waals surface area contributed by atoms with Crippen molar-refractivity contribution in [3.63, 3.8) is 0 Å². The lowest BCUT2D eigenvalue weighted by Crippen LogP contribution is -2.07. The number of nitrogens with zero attached hydrogens (tertiary/aromatic N) is 1. The zero-order valence-corrected chi connectivity index (χ0v) is 11.6. The highest BCUT2D eigenvalue weighted by molar-refractivity contribution is 5.88. The Labute approximate surface area is 118 Å². The number of carboxylic acids is 1. The third-order valence-corrected chi connectivity index (χ3v) is 3.00. The van der Waals surface area contributed by atoms with Crippen LogP contribution in [-0.4, -0.2) is 16.1 Å². The third-order valence-electron chi connectivity index (χ3n) is 3.00. The Morgan fingerprint density at radius 1 is 1.25 bits per heavy atom. The molecule has 0 amide bonds. The van der Waals surface area contributed by atoms with E-state index in [9.17, 15) is 4.79 Å². The van der Waals surface area contributed by atoms with Crippen molar-refractivity contribution in [3.8, 4) is 0 Å². The summed E-state index contributed by atoms with van der Waals surface area (Å²) < 4.78 is 0. The minimum absolute atomic E-state index is 0.187. The van der Waals surface area contributed by atoms with Gasteiger partial charge in [-0.15, -0.1) is 0 Å². The fourth-order valence-corrected chi connectivity index (χ4v) is 1.85. The molecule has 0 radical (unpaired) electrons. The molecule has 0 unspecified atom stereocenters. The van der Waals surface area contributed by atoms with Crippen LogP contribution in [0, 0.1) is 0 Å². The molecule has 0 bridgehead atoms. The van der Waals surface area contributed by atoms with Gasteiger partial charge in [0.1, 0.15) is 5.82 Å². The number of anilines is 1. The van der Waals surface area contributed by atoms with E-state index in [1.54, 1.807) is 12.1 Å². The summed E-state index contributed by atoms with van der Waals surface area (Å²) in [6.45, 7) is 4.61. The van der Waals surface area contributed by atoms with Crippen LogP contribution in [0.15, 0.2) is 42.5 Å². The fraction of sp³-hybridized carbons (Fsp3) is 0.250. The molecule has 0 spiro atoms. The number of rotatable bonds is 5. The van der Waals surface area contributed by atoms with E-state index in [0.717, 1.165) is 11.3 Å². The molecule has 0 atom stereocenters. The number of hydrogen-bond acceptors (Lipinski definition) is 3. The maximum Gasteiger partial charge on any atom is 0.335 e. The molecule has 0 aliphatic heterocycles. The van der Waals surface area contributed by atoms with Crippen molar-refractivity contribution < 1.29 is 9.90 Å². The lowest BCUT2D eigenvalue weighted by molar-refractivity contribution is 0.0696. The standard InChI is InChI=1S/C16H18N2O2/c1-11(2)14-8-13(16(19)20)9-15(18-14)17-10-12-6-4-3-5-7-12/h3-9,11H,10H2,1-2H3,(H,17,18)(H,19,20). The maximum atomic E-state index is 11.1. The van der Waals surface area contributed by atoms with Crippen LogP contribution in [0.25, 0.3) is 0 Å². The molecule has 20 heavy (non-hydrogen) atoms. The van der Waals surface area contributed by atoms with Gasteiger partial charge in [-0.3, -0.25) is 0 Å². The van der Waals surface area contributed by atoms with Gasteiger partial charge in [0, 0.05) is 12.2 Å². The predicted octanol–water partition coefficient (Wildman–Crippen LogP) is 3.52. The molecule has 4 heteroatoms. The molecule has 0 saturated heterocycles. The number of pyridine rings is 1. The van der Waals surface area contributed by atoms with E-state index in [1.807, 2.05) is 44.2 Å². The molecule has 1 aromatic carbocycles. The Balaban J connectivity index is 2.20. The van der Waals surface area contributed by atoms with E-state index in [2.05, 4.69) is 10.3 Å². The number of carbonyl (C=O) groups is 1. The molecule has 4 nitrogen and oxygen atoms in total. The van der Waals surface area contributed by atoms with Crippen molar-refractivity contribution >= 4 is 11.8 Å². The number of carboxylic acid groups (broad SMARTS) is 1. The lowest BCUT2D eigenvalue weighted by atomic mass is 10.1. The van der Waals surface area contributed by atoms with Crippen molar-refractivity contribution in [2.24, 2.45) is 0 Å². The Morgan fingerprint density at radius 3 is 2.55 bits per heavy atom. The Morgan fingerprint density at radius 2 is 1.95 bits per heavy atom. The summed E-state index contributed by atoms with van der Waals surface area (Å²) in [5.74, 6) is -0.152. The topological polar surface area (TPSA) is 62.2 Å². The minimum atomic E-state index is -0.933. The van der Waals surface area contributed by atoms with Crippen LogP contribution < -0.4 is 5.32 Å². The first-order valence-corrected chi connectivity index (χ1v) is 6.59. The molecule has 0 saturated carbocycles. The molecule has 0 aliphatic rings. The third kappa shape index (κ3) is 3.57. The highest BCUT2D eigenvalue weighted by Crippen LogP contribution is 2.18. The minimum Gasteiger partial charge on any atom is -0.478 e. The fourth-order valence-electron chi connectivity index (χ4n) is 1.85. The SMILES string of the molecule is CC(C)c1cc(C(=O)O)cc(NCc2ccccc2)n1. The Bertz CT molecular complexity index is 595. The molecule has 2 aromatic rings. The summed E-state index contributed by atoms with van der Waals surface area (Å²) in [5, 5.41) is 12.3. The smallest absolute Gasteiger partial charge is 0.335 e. The summed E-state index contributed by atoms with van der Waals surface area (Å²) in [5.41, 5.74) is 2.17. The van der Waals surface area contributed by atoms with Crippen LogP contribution >= 0.6 is 0 Å². The number of benzene rings is 1. The van der Waals surface area contributed by atoms with Gasteiger partial charge >= 0.3 is 5.97 Å². The summed E-state index contributed by atoms with van der Waals surface area (Å²) >= 11 is 0. The average molecular weight is 270 g/mol. The maximum absolute atomic E-state index is 11.1. The average Bonchev–Trinajstić information content (AvgIpc) is 2.45. The summed E-state index contributed by atoms with van der Waals surface area (Å²) in [4.78, 5) is 15.6. The van der Waals surface area contributed by atoms with Gasteiger partial charge in [0.15, 0.2) is 0 Å². The lowest BCUT2D eigenvalue weighted by Gasteiger charge is -2.11. The van der Waals surface area contributed by atoms with E-state index in [4.69, 9.17) is 5.11 Å². The van der Waals surface area contributed by atoms with Crippen LogP contribution in [-0.2, 0) is 6.54 Å². The van der Waals surface area contributed by atoms with Gasteiger partial charge in [0.25, 0.3) is 0 Å². The van der Waals surface area contributed by atoms with Crippen molar-refractivity contribution in [1.82, 2.24) is 4.98 Å². The molecule has 2 N–H and O–H groups in total. The monoisotopic (exact) mass is 270 g/mol. The highest BCUT2D eigenvalue weighted by atomic mass is 16.4. The van der Waals surface area contributed by atoms with Gasteiger partial charge in [0.2, 0.25) is 0 Å². The van der Waals surface area contributed by atoms with Crippen molar-refractivity contribution in [2.75, 3.05) is 5.32 Å². The summed E-state index contributed by atoms with van der Waals surface area (Å²) in [6, 6.07) is 13.1. The molecule has 2 rings (SSSR count). The quantitative estimate of drug-likeness (QED) is 0.872. The molecule has 104 valence electrons. The van der Waals surface area contributed by atoms with Crippen LogP contribution in [0.4, 0.5) is 5.82 Å². The zero-order chi connectivity index (χ0) is 14.5. The van der Waals surface area contributed by atoms with Crippen LogP contribution in [0.1, 0.15) is 41.4 Å². The summed E-state index contributed by atoms with van der Waals surface area (Å²) in [7, 11) is 0. The second-order valence-electron chi connectivity index (χ2n) is 4.96. The largest absolute Gasteiger partial charge is 0.478 e. The molecule has 1 heterocycles. The molecule has 1 aromatic heterocycles. The molecule has 0 aliphatic carbocycles. The van der Waals surface area contributed by atoms with Crippen molar-refractivity contribution in [2.45, 2.75) is 26.3 Å². The zero-order valence-electron chi connectivity index (χ0n) is 11.6.